The van der Waals surface area contributed by atoms with Crippen molar-refractivity contribution >= 4 is 51.8 Å². The van der Waals surface area contributed by atoms with E-state index in [2.05, 4.69) is 26.9 Å². The Morgan fingerprint density at radius 3 is 2.65 bits per heavy atom. The highest BCUT2D eigenvalue weighted by Crippen LogP contribution is 2.31. The Kier molecular flexibility index (Phi) is 8.17. The van der Waals surface area contributed by atoms with Crippen LogP contribution in [0.15, 0.2) is 18.2 Å². The van der Waals surface area contributed by atoms with Crippen LogP contribution in [0, 0.1) is 23.7 Å². The van der Waals surface area contributed by atoms with Gasteiger partial charge < -0.3 is 20.9 Å². The van der Waals surface area contributed by atoms with E-state index >= 15 is 0 Å². The van der Waals surface area contributed by atoms with Crippen LogP contribution in [-0.4, -0.2) is 41.3 Å². The molecule has 0 saturated carbocycles. The van der Waals surface area contributed by atoms with E-state index in [1.807, 2.05) is 20.8 Å². The smallest absolute Gasteiger partial charge is 0.268 e. The molecule has 182 valence electrons. The fourth-order valence-corrected chi connectivity index (χ4v) is 4.48. The summed E-state index contributed by atoms with van der Waals surface area (Å²) in [6.07, 6.45) is 8.01. The molecule has 2 aromatic rings. The standard InChI is InChI=1S/C25H30Cl2N4O3/c1-5-16(11-15-7-6-10-28-22(15)32)29-24(34)19(13-25(2,3)4)31-23(33)18-12-14-8-9-17(26)20(27)21(14)30-18/h1,8-9,12,15-16,19,30H,6-7,10-11,13H2,2-4H3,(H,28,32)(H,29,34)(H,31,33)/t15-,16+,19-/m0/s1. The molecule has 0 bridgehead atoms. The molecule has 4 N–H and O–H groups in total. The summed E-state index contributed by atoms with van der Waals surface area (Å²) < 4.78 is 0. The number of carbonyl (C=O) groups excluding carboxylic acids is 3. The summed E-state index contributed by atoms with van der Waals surface area (Å²) in [6.45, 7) is 6.60. The van der Waals surface area contributed by atoms with Gasteiger partial charge in [0.25, 0.3) is 5.91 Å². The number of hydrogen-bond donors (Lipinski definition) is 4. The topological polar surface area (TPSA) is 103 Å². The number of aromatic nitrogens is 1. The van der Waals surface area contributed by atoms with Crippen molar-refractivity contribution in [1.29, 1.82) is 0 Å². The fraction of sp³-hybridized carbons (Fsp3) is 0.480. The molecule has 0 unspecified atom stereocenters. The molecule has 1 aromatic heterocycles. The van der Waals surface area contributed by atoms with Crippen molar-refractivity contribution in [3.63, 3.8) is 0 Å². The zero-order chi connectivity index (χ0) is 25.0. The van der Waals surface area contributed by atoms with Gasteiger partial charge in [-0.05, 0) is 43.2 Å². The van der Waals surface area contributed by atoms with Gasteiger partial charge in [-0.2, -0.15) is 0 Å². The van der Waals surface area contributed by atoms with E-state index in [1.165, 1.54) is 0 Å². The summed E-state index contributed by atoms with van der Waals surface area (Å²) in [5.41, 5.74) is 0.564. The molecule has 1 saturated heterocycles. The molecular weight excluding hydrogens is 475 g/mol. The molecule has 7 nitrogen and oxygen atoms in total. The summed E-state index contributed by atoms with van der Waals surface area (Å²) in [7, 11) is 0. The minimum atomic E-state index is -0.825. The maximum atomic E-state index is 13.2. The highest BCUT2D eigenvalue weighted by Gasteiger charge is 2.30. The number of nitrogens with one attached hydrogen (secondary N) is 4. The summed E-state index contributed by atoms with van der Waals surface area (Å²) in [5.74, 6) is 1.45. The molecule has 34 heavy (non-hydrogen) atoms. The number of fused-ring (bicyclic) bond motifs is 1. The normalized spacial score (nSPS) is 18.0. The number of carbonyl (C=O) groups is 3. The zero-order valence-electron chi connectivity index (χ0n) is 19.6. The summed E-state index contributed by atoms with van der Waals surface area (Å²) in [5, 5.41) is 9.92. The molecule has 9 heteroatoms. The van der Waals surface area contributed by atoms with Crippen LogP contribution >= 0.6 is 23.2 Å². The van der Waals surface area contributed by atoms with Gasteiger partial charge in [0.05, 0.1) is 21.6 Å². The Balaban J connectivity index is 1.74. The first kappa shape index (κ1) is 25.9. The van der Waals surface area contributed by atoms with Crippen LogP contribution in [0.2, 0.25) is 10.0 Å². The van der Waals surface area contributed by atoms with E-state index in [1.54, 1.807) is 18.2 Å². The predicted molar refractivity (Wildman–Crippen MR) is 135 cm³/mol. The van der Waals surface area contributed by atoms with E-state index < -0.39 is 18.0 Å². The van der Waals surface area contributed by atoms with Crippen molar-refractivity contribution < 1.29 is 14.4 Å². The van der Waals surface area contributed by atoms with Crippen LogP contribution in [-0.2, 0) is 9.59 Å². The number of H-pyrrole nitrogens is 1. The molecule has 3 amide bonds. The third-order valence-corrected chi connectivity index (χ3v) is 6.61. The second-order valence-corrected chi connectivity index (χ2v) is 10.7. The molecular formula is C25H30Cl2N4O3. The molecule has 0 radical (unpaired) electrons. The minimum Gasteiger partial charge on any atom is -0.356 e. The SMILES string of the molecule is C#C[C@H](C[C@@H]1CCCNC1=O)NC(=O)[C@H](CC(C)(C)C)NC(=O)c1cc2ccc(Cl)c(Cl)c2[nH]1. The van der Waals surface area contributed by atoms with E-state index in [0.717, 1.165) is 18.2 Å². The first-order chi connectivity index (χ1) is 16.0. The third kappa shape index (κ3) is 6.46. The lowest BCUT2D eigenvalue weighted by atomic mass is 9.87. The van der Waals surface area contributed by atoms with Gasteiger partial charge in [0.1, 0.15) is 11.7 Å². The largest absolute Gasteiger partial charge is 0.356 e. The lowest BCUT2D eigenvalue weighted by Gasteiger charge is -2.28. The zero-order valence-corrected chi connectivity index (χ0v) is 21.1. The molecule has 1 fully saturated rings. The van der Waals surface area contributed by atoms with E-state index in [4.69, 9.17) is 29.6 Å². The highest BCUT2D eigenvalue weighted by atomic mass is 35.5. The van der Waals surface area contributed by atoms with Gasteiger partial charge in [0, 0.05) is 17.8 Å². The number of amides is 3. The molecule has 3 atom stereocenters. The van der Waals surface area contributed by atoms with E-state index in [0.29, 0.717) is 34.9 Å². The monoisotopic (exact) mass is 504 g/mol. The Morgan fingerprint density at radius 1 is 1.26 bits per heavy atom. The molecule has 1 aliphatic heterocycles. The number of piperidine rings is 1. The lowest BCUT2D eigenvalue weighted by Crippen LogP contribution is -2.51. The second-order valence-electron chi connectivity index (χ2n) is 9.89. The quantitative estimate of drug-likeness (QED) is 0.427. The number of benzene rings is 1. The Labute approximate surface area is 209 Å². The van der Waals surface area contributed by atoms with Crippen molar-refractivity contribution in [2.45, 2.75) is 58.5 Å². The van der Waals surface area contributed by atoms with Gasteiger partial charge in [0.15, 0.2) is 0 Å². The van der Waals surface area contributed by atoms with Crippen LogP contribution in [0.25, 0.3) is 10.9 Å². The van der Waals surface area contributed by atoms with Crippen LogP contribution < -0.4 is 16.0 Å². The first-order valence-electron chi connectivity index (χ1n) is 11.3. The second kappa shape index (κ2) is 10.7. The molecule has 0 spiro atoms. The summed E-state index contributed by atoms with van der Waals surface area (Å²) in [6, 6.07) is 3.63. The Bertz CT molecular complexity index is 1130. The van der Waals surface area contributed by atoms with Gasteiger partial charge in [-0.15, -0.1) is 6.42 Å². The molecule has 3 rings (SSSR count). The fourth-order valence-electron chi connectivity index (χ4n) is 4.10. The van der Waals surface area contributed by atoms with Gasteiger partial charge >= 0.3 is 0 Å². The van der Waals surface area contributed by atoms with Gasteiger partial charge in [-0.3, -0.25) is 14.4 Å². The number of hydrogen-bond acceptors (Lipinski definition) is 3. The number of terminal acetylenes is 1. The van der Waals surface area contributed by atoms with E-state index in [9.17, 15) is 14.4 Å². The maximum absolute atomic E-state index is 13.2. The Morgan fingerprint density at radius 2 is 2.00 bits per heavy atom. The van der Waals surface area contributed by atoms with Crippen LogP contribution in [0.5, 0.6) is 0 Å². The molecule has 2 heterocycles. The van der Waals surface area contributed by atoms with Crippen LogP contribution in [0.1, 0.15) is 56.9 Å². The average molecular weight is 505 g/mol. The predicted octanol–water partition coefficient (Wildman–Crippen LogP) is 4.04. The third-order valence-electron chi connectivity index (χ3n) is 5.81. The number of halogens is 2. The lowest BCUT2D eigenvalue weighted by molar-refractivity contribution is -0.128. The van der Waals surface area contributed by atoms with Crippen molar-refractivity contribution in [3.8, 4) is 12.3 Å². The van der Waals surface area contributed by atoms with Gasteiger partial charge in [-0.25, -0.2) is 0 Å². The number of aromatic amines is 1. The first-order valence-corrected chi connectivity index (χ1v) is 12.1. The molecule has 1 aromatic carbocycles. The minimum absolute atomic E-state index is 0.0436. The van der Waals surface area contributed by atoms with Crippen LogP contribution in [0.4, 0.5) is 0 Å². The van der Waals surface area contributed by atoms with Crippen molar-refractivity contribution in [1.82, 2.24) is 20.9 Å². The summed E-state index contributed by atoms with van der Waals surface area (Å²) in [4.78, 5) is 41.3. The molecule has 0 aliphatic carbocycles. The van der Waals surface area contributed by atoms with Crippen molar-refractivity contribution in [3.05, 3.63) is 33.9 Å². The highest BCUT2D eigenvalue weighted by molar-refractivity contribution is 6.45. The van der Waals surface area contributed by atoms with Crippen molar-refractivity contribution in [2.24, 2.45) is 11.3 Å². The molecule has 1 aliphatic rings. The number of rotatable bonds is 7. The van der Waals surface area contributed by atoms with E-state index in [-0.39, 0.29) is 28.8 Å². The average Bonchev–Trinajstić information content (AvgIpc) is 3.21. The van der Waals surface area contributed by atoms with Gasteiger partial charge in [0.2, 0.25) is 11.8 Å². The van der Waals surface area contributed by atoms with Gasteiger partial charge in [-0.1, -0.05) is 56.0 Å². The van der Waals surface area contributed by atoms with Crippen LogP contribution in [0.3, 0.4) is 0 Å². The summed E-state index contributed by atoms with van der Waals surface area (Å²) >= 11 is 12.3. The maximum Gasteiger partial charge on any atom is 0.268 e. The van der Waals surface area contributed by atoms with Crippen molar-refractivity contribution in [2.75, 3.05) is 6.54 Å². The Hall–Kier alpha value is -2.69.